The number of nitrogens with zero attached hydrogens (tertiary/aromatic N) is 2. The van der Waals surface area contributed by atoms with Gasteiger partial charge in [-0.1, -0.05) is 18.2 Å². The zero-order chi connectivity index (χ0) is 18.9. The fourth-order valence-corrected chi connectivity index (χ4v) is 3.86. The average Bonchev–Trinajstić information content (AvgIpc) is 3.38. The molecule has 3 aromatic rings. The second-order valence-electron chi connectivity index (χ2n) is 7.21. The number of aromatic amines is 1. The monoisotopic (exact) mass is 375 g/mol. The van der Waals surface area contributed by atoms with Gasteiger partial charge in [-0.3, -0.25) is 4.79 Å². The number of hydrogen-bond acceptors (Lipinski definition) is 4. The highest BCUT2D eigenvalue weighted by atomic mass is 16.7. The SMILES string of the molecule is O=C(/C=C/c1ccc2c(c1)OCO2)N1CCCC(c2nc3ccccc3[nH]2)C1. The first-order valence-electron chi connectivity index (χ1n) is 9.57. The van der Waals surface area contributed by atoms with Gasteiger partial charge in [-0.2, -0.15) is 0 Å². The lowest BCUT2D eigenvalue weighted by Gasteiger charge is -2.31. The maximum absolute atomic E-state index is 12.7. The molecule has 6 nitrogen and oxygen atoms in total. The van der Waals surface area contributed by atoms with Crippen LogP contribution in [0, 0.1) is 0 Å². The molecule has 0 bridgehead atoms. The van der Waals surface area contributed by atoms with Gasteiger partial charge in [0.2, 0.25) is 12.7 Å². The van der Waals surface area contributed by atoms with Crippen molar-refractivity contribution in [3.05, 3.63) is 59.9 Å². The summed E-state index contributed by atoms with van der Waals surface area (Å²) >= 11 is 0. The average molecular weight is 375 g/mol. The second kappa shape index (κ2) is 7.03. The van der Waals surface area contributed by atoms with Crippen LogP contribution in [-0.2, 0) is 4.79 Å². The molecule has 0 radical (unpaired) electrons. The van der Waals surface area contributed by atoms with Crippen LogP contribution >= 0.6 is 0 Å². The van der Waals surface area contributed by atoms with Crippen LogP contribution in [0.5, 0.6) is 11.5 Å². The van der Waals surface area contributed by atoms with Crippen LogP contribution in [-0.4, -0.2) is 40.7 Å². The molecule has 2 aliphatic heterocycles. The number of para-hydroxylation sites is 2. The number of fused-ring (bicyclic) bond motifs is 2. The smallest absolute Gasteiger partial charge is 0.246 e. The van der Waals surface area contributed by atoms with Gasteiger partial charge in [0, 0.05) is 25.1 Å². The number of aromatic nitrogens is 2. The van der Waals surface area contributed by atoms with Gasteiger partial charge in [0.25, 0.3) is 0 Å². The van der Waals surface area contributed by atoms with Crippen molar-refractivity contribution in [1.29, 1.82) is 0 Å². The summed E-state index contributed by atoms with van der Waals surface area (Å²) in [6, 6.07) is 13.7. The summed E-state index contributed by atoms with van der Waals surface area (Å²) in [7, 11) is 0. The molecule has 0 saturated carbocycles. The lowest BCUT2D eigenvalue weighted by molar-refractivity contribution is -0.127. The molecule has 1 N–H and O–H groups in total. The first-order chi connectivity index (χ1) is 13.8. The van der Waals surface area contributed by atoms with E-state index in [1.165, 1.54) is 0 Å². The van der Waals surface area contributed by atoms with Crippen molar-refractivity contribution < 1.29 is 14.3 Å². The van der Waals surface area contributed by atoms with E-state index in [0.29, 0.717) is 6.54 Å². The minimum absolute atomic E-state index is 0.0264. The van der Waals surface area contributed by atoms with Crippen LogP contribution in [0.25, 0.3) is 17.1 Å². The van der Waals surface area contributed by atoms with Crippen molar-refractivity contribution in [2.24, 2.45) is 0 Å². The molecule has 1 aromatic heterocycles. The van der Waals surface area contributed by atoms with Crippen LogP contribution in [0.1, 0.15) is 30.1 Å². The van der Waals surface area contributed by atoms with E-state index in [1.807, 2.05) is 53.4 Å². The summed E-state index contributed by atoms with van der Waals surface area (Å²) in [5.41, 5.74) is 2.94. The Morgan fingerprint density at radius 1 is 1.18 bits per heavy atom. The summed E-state index contributed by atoms with van der Waals surface area (Å²) in [4.78, 5) is 22.7. The molecule has 5 rings (SSSR count). The Kier molecular flexibility index (Phi) is 4.24. The largest absolute Gasteiger partial charge is 0.454 e. The van der Waals surface area contributed by atoms with Crippen molar-refractivity contribution in [1.82, 2.24) is 14.9 Å². The number of ether oxygens (including phenoxy) is 2. The molecule has 142 valence electrons. The maximum Gasteiger partial charge on any atom is 0.246 e. The second-order valence-corrected chi connectivity index (χ2v) is 7.21. The normalized spacial score (nSPS) is 18.9. The van der Waals surface area contributed by atoms with Gasteiger partial charge >= 0.3 is 0 Å². The predicted octanol–water partition coefficient (Wildman–Crippen LogP) is 3.71. The van der Waals surface area contributed by atoms with E-state index in [2.05, 4.69) is 4.98 Å². The molecule has 6 heteroatoms. The van der Waals surface area contributed by atoms with Crippen LogP contribution in [0.15, 0.2) is 48.5 Å². The highest BCUT2D eigenvalue weighted by molar-refractivity contribution is 5.92. The molecule has 0 aliphatic carbocycles. The zero-order valence-corrected chi connectivity index (χ0v) is 15.4. The molecule has 1 fully saturated rings. The molecule has 1 unspecified atom stereocenters. The highest BCUT2D eigenvalue weighted by Crippen LogP contribution is 2.33. The van der Waals surface area contributed by atoms with Crippen LogP contribution < -0.4 is 9.47 Å². The van der Waals surface area contributed by atoms with E-state index in [1.54, 1.807) is 6.08 Å². The van der Waals surface area contributed by atoms with Crippen LogP contribution in [0.2, 0.25) is 0 Å². The van der Waals surface area contributed by atoms with Gasteiger partial charge in [-0.05, 0) is 48.7 Å². The Bertz CT molecular complexity index is 1020. The molecule has 3 heterocycles. The Morgan fingerprint density at radius 3 is 3.00 bits per heavy atom. The molecule has 1 saturated heterocycles. The predicted molar refractivity (Wildman–Crippen MR) is 106 cm³/mol. The van der Waals surface area contributed by atoms with E-state index in [9.17, 15) is 4.79 Å². The van der Waals surface area contributed by atoms with Crippen LogP contribution in [0.3, 0.4) is 0 Å². The van der Waals surface area contributed by atoms with E-state index >= 15 is 0 Å². The Balaban J connectivity index is 1.28. The Hall–Kier alpha value is -3.28. The molecular formula is C22H21N3O3. The Labute approximate surface area is 162 Å². The van der Waals surface area contributed by atoms with E-state index in [0.717, 1.165) is 53.3 Å². The van der Waals surface area contributed by atoms with Crippen molar-refractivity contribution in [2.75, 3.05) is 19.9 Å². The number of benzene rings is 2. The first-order valence-corrected chi connectivity index (χ1v) is 9.57. The lowest BCUT2D eigenvalue weighted by atomic mass is 9.97. The molecule has 0 spiro atoms. The number of hydrogen-bond donors (Lipinski definition) is 1. The van der Waals surface area contributed by atoms with Crippen LogP contribution in [0.4, 0.5) is 0 Å². The van der Waals surface area contributed by atoms with Crippen molar-refractivity contribution in [3.8, 4) is 11.5 Å². The summed E-state index contributed by atoms with van der Waals surface area (Å²) in [6.45, 7) is 1.71. The summed E-state index contributed by atoms with van der Waals surface area (Å²) < 4.78 is 10.7. The first kappa shape index (κ1) is 16.9. The van der Waals surface area contributed by atoms with Gasteiger partial charge in [-0.25, -0.2) is 4.98 Å². The van der Waals surface area contributed by atoms with Gasteiger partial charge in [0.1, 0.15) is 5.82 Å². The fraction of sp³-hybridized carbons (Fsp3) is 0.273. The quantitative estimate of drug-likeness (QED) is 0.709. The van der Waals surface area contributed by atoms with Gasteiger partial charge in [0.15, 0.2) is 11.5 Å². The number of nitrogens with one attached hydrogen (secondary N) is 1. The van der Waals surface area contributed by atoms with Gasteiger partial charge in [-0.15, -0.1) is 0 Å². The molecule has 2 aliphatic rings. The highest BCUT2D eigenvalue weighted by Gasteiger charge is 2.25. The summed E-state index contributed by atoms with van der Waals surface area (Å²) in [5.74, 6) is 2.70. The lowest BCUT2D eigenvalue weighted by Crippen LogP contribution is -2.38. The summed E-state index contributed by atoms with van der Waals surface area (Å²) in [5, 5.41) is 0. The maximum atomic E-state index is 12.7. The number of carbonyl (C=O) groups is 1. The topological polar surface area (TPSA) is 67.5 Å². The van der Waals surface area contributed by atoms with Crippen molar-refractivity contribution >= 4 is 23.0 Å². The number of H-pyrrole nitrogens is 1. The minimum Gasteiger partial charge on any atom is -0.454 e. The number of rotatable bonds is 3. The minimum atomic E-state index is 0.0264. The Morgan fingerprint density at radius 2 is 2.07 bits per heavy atom. The van der Waals surface area contributed by atoms with Gasteiger partial charge in [0.05, 0.1) is 11.0 Å². The number of amides is 1. The number of carbonyl (C=O) groups excluding carboxylic acids is 1. The number of piperidine rings is 1. The fourth-order valence-electron chi connectivity index (χ4n) is 3.86. The third-order valence-electron chi connectivity index (χ3n) is 5.34. The van der Waals surface area contributed by atoms with E-state index < -0.39 is 0 Å². The zero-order valence-electron chi connectivity index (χ0n) is 15.4. The van der Waals surface area contributed by atoms with Gasteiger partial charge < -0.3 is 19.4 Å². The molecule has 28 heavy (non-hydrogen) atoms. The standard InChI is InChI=1S/C22H21N3O3/c26-21(10-8-15-7-9-19-20(12-15)28-14-27-19)25-11-3-4-16(13-25)22-23-17-5-1-2-6-18(17)24-22/h1-2,5-10,12,16H,3-4,11,13-14H2,(H,23,24)/b10-8+. The van der Waals surface area contributed by atoms with Crippen molar-refractivity contribution in [3.63, 3.8) is 0 Å². The molecule has 1 atom stereocenters. The third kappa shape index (κ3) is 3.22. The molecule has 1 amide bonds. The summed E-state index contributed by atoms with van der Waals surface area (Å²) in [6.07, 6.45) is 5.48. The number of likely N-dealkylation sites (tertiary alicyclic amines) is 1. The third-order valence-corrected chi connectivity index (χ3v) is 5.34. The van der Waals surface area contributed by atoms with Crippen molar-refractivity contribution in [2.45, 2.75) is 18.8 Å². The molecule has 2 aromatic carbocycles. The number of imidazole rings is 1. The van der Waals surface area contributed by atoms with E-state index in [4.69, 9.17) is 14.5 Å². The van der Waals surface area contributed by atoms with E-state index in [-0.39, 0.29) is 18.6 Å². The molecular weight excluding hydrogens is 354 g/mol.